The number of nitrogens with zero attached hydrogens (tertiary/aromatic N) is 3. The maximum atomic E-state index is 11.7. The second-order valence-corrected chi connectivity index (χ2v) is 3.53. The quantitative estimate of drug-likeness (QED) is 0.691. The van der Waals surface area contributed by atoms with Gasteiger partial charge in [0.25, 0.3) is 5.91 Å². The number of nitrogen functional groups attached to an aromatic ring is 1. The number of carbonyl (C=O) groups excluding carboxylic acids is 1. The van der Waals surface area contributed by atoms with E-state index >= 15 is 0 Å². The Kier molecular flexibility index (Phi) is 2.99. The van der Waals surface area contributed by atoms with Gasteiger partial charge in [-0.2, -0.15) is 5.10 Å². The van der Waals surface area contributed by atoms with Crippen LogP contribution in [-0.2, 0) is 6.54 Å². The van der Waals surface area contributed by atoms with Gasteiger partial charge in [-0.15, -0.1) is 0 Å². The summed E-state index contributed by atoms with van der Waals surface area (Å²) in [5, 5.41) is 9.02. The topological polar surface area (TPSA) is 110 Å². The third kappa shape index (κ3) is 2.57. The highest BCUT2D eigenvalue weighted by Crippen LogP contribution is 2.05. The molecule has 0 radical (unpaired) electrons. The maximum absolute atomic E-state index is 11.7. The molecule has 0 atom stereocenters. The molecule has 2 aromatic heterocycles. The normalized spacial score (nSPS) is 10.2. The van der Waals surface area contributed by atoms with Gasteiger partial charge in [0.05, 0.1) is 18.1 Å². The van der Waals surface area contributed by atoms with Crippen LogP contribution in [0.15, 0.2) is 18.6 Å². The highest BCUT2D eigenvalue weighted by Gasteiger charge is 2.08. The Balaban J connectivity index is 1.98. The molecule has 0 fully saturated rings. The summed E-state index contributed by atoms with van der Waals surface area (Å²) < 4.78 is 0. The number of hydrogen-bond donors (Lipinski definition) is 3. The number of aromatic nitrogens is 4. The van der Waals surface area contributed by atoms with Crippen molar-refractivity contribution in [3.8, 4) is 0 Å². The lowest BCUT2D eigenvalue weighted by Crippen LogP contribution is -2.24. The number of anilines is 1. The molecule has 0 bridgehead atoms. The highest BCUT2D eigenvalue weighted by atomic mass is 16.1. The van der Waals surface area contributed by atoms with Crippen LogP contribution in [0, 0.1) is 6.92 Å². The van der Waals surface area contributed by atoms with Crippen molar-refractivity contribution in [1.29, 1.82) is 0 Å². The molecule has 0 spiro atoms. The van der Waals surface area contributed by atoms with Crippen LogP contribution in [0.4, 0.5) is 5.82 Å². The predicted molar refractivity (Wildman–Crippen MR) is 60.9 cm³/mol. The van der Waals surface area contributed by atoms with Crippen molar-refractivity contribution in [2.45, 2.75) is 13.5 Å². The third-order valence-electron chi connectivity index (χ3n) is 2.20. The van der Waals surface area contributed by atoms with E-state index in [1.54, 1.807) is 19.3 Å². The molecular formula is C10H12N6O. The largest absolute Gasteiger partial charge is 0.384 e. The predicted octanol–water partition coefficient (Wildman–Crippen LogP) is 0.0203. The smallest absolute Gasteiger partial charge is 0.271 e. The molecule has 0 aromatic carbocycles. The van der Waals surface area contributed by atoms with Gasteiger partial charge in [-0.05, 0) is 6.92 Å². The van der Waals surface area contributed by atoms with E-state index in [2.05, 4.69) is 25.5 Å². The first kappa shape index (κ1) is 11.1. The van der Waals surface area contributed by atoms with Crippen LogP contribution >= 0.6 is 0 Å². The number of rotatable bonds is 3. The SMILES string of the molecule is Cc1cnc(C(=O)NCc2cn[nH]c2N)cn1. The molecule has 2 rings (SSSR count). The maximum Gasteiger partial charge on any atom is 0.271 e. The zero-order valence-electron chi connectivity index (χ0n) is 9.27. The van der Waals surface area contributed by atoms with Crippen LogP contribution in [0.1, 0.15) is 21.7 Å². The number of nitrogens with one attached hydrogen (secondary N) is 2. The molecule has 7 nitrogen and oxygen atoms in total. The minimum absolute atomic E-state index is 0.276. The molecule has 4 N–H and O–H groups in total. The lowest BCUT2D eigenvalue weighted by atomic mass is 10.3. The van der Waals surface area contributed by atoms with E-state index in [4.69, 9.17) is 5.73 Å². The fourth-order valence-corrected chi connectivity index (χ4v) is 1.24. The highest BCUT2D eigenvalue weighted by molar-refractivity contribution is 5.91. The molecule has 2 aromatic rings. The van der Waals surface area contributed by atoms with Gasteiger partial charge in [0, 0.05) is 18.3 Å². The average molecular weight is 232 g/mol. The fraction of sp³-hybridized carbons (Fsp3) is 0.200. The van der Waals surface area contributed by atoms with Gasteiger partial charge >= 0.3 is 0 Å². The monoisotopic (exact) mass is 232 g/mol. The van der Waals surface area contributed by atoms with Gasteiger partial charge in [0.15, 0.2) is 0 Å². The molecule has 0 aliphatic rings. The van der Waals surface area contributed by atoms with E-state index in [9.17, 15) is 4.79 Å². The van der Waals surface area contributed by atoms with E-state index in [-0.39, 0.29) is 11.6 Å². The average Bonchev–Trinajstić information content (AvgIpc) is 2.73. The van der Waals surface area contributed by atoms with Crippen molar-refractivity contribution in [2.75, 3.05) is 5.73 Å². The van der Waals surface area contributed by atoms with Gasteiger partial charge in [0.2, 0.25) is 0 Å². The van der Waals surface area contributed by atoms with Crippen molar-refractivity contribution in [3.05, 3.63) is 35.5 Å². The summed E-state index contributed by atoms with van der Waals surface area (Å²) in [6, 6.07) is 0. The summed E-state index contributed by atoms with van der Waals surface area (Å²) in [6.45, 7) is 2.11. The molecule has 17 heavy (non-hydrogen) atoms. The third-order valence-corrected chi connectivity index (χ3v) is 2.20. The number of aromatic amines is 1. The number of aryl methyl sites for hydroxylation is 1. The Morgan fingerprint density at radius 3 is 2.82 bits per heavy atom. The van der Waals surface area contributed by atoms with Crippen molar-refractivity contribution in [2.24, 2.45) is 0 Å². The van der Waals surface area contributed by atoms with Gasteiger partial charge in [-0.25, -0.2) is 4.98 Å². The summed E-state index contributed by atoms with van der Waals surface area (Å²) >= 11 is 0. The van der Waals surface area contributed by atoms with Crippen LogP contribution < -0.4 is 11.1 Å². The first-order chi connectivity index (χ1) is 8.16. The zero-order chi connectivity index (χ0) is 12.3. The van der Waals surface area contributed by atoms with E-state index in [1.807, 2.05) is 0 Å². The fourth-order valence-electron chi connectivity index (χ4n) is 1.24. The second kappa shape index (κ2) is 4.60. The Hall–Kier alpha value is -2.44. The van der Waals surface area contributed by atoms with Crippen LogP contribution in [0.2, 0.25) is 0 Å². The molecule has 0 aliphatic heterocycles. The molecule has 1 amide bonds. The molecule has 88 valence electrons. The first-order valence-corrected chi connectivity index (χ1v) is 5.01. The van der Waals surface area contributed by atoms with E-state index < -0.39 is 0 Å². The van der Waals surface area contributed by atoms with E-state index in [1.165, 1.54) is 6.20 Å². The van der Waals surface area contributed by atoms with Crippen LogP contribution in [-0.4, -0.2) is 26.1 Å². The lowest BCUT2D eigenvalue weighted by molar-refractivity contribution is 0.0945. The molecule has 7 heteroatoms. The van der Waals surface area contributed by atoms with Gasteiger partial charge in [-0.3, -0.25) is 14.9 Å². The van der Waals surface area contributed by atoms with Crippen LogP contribution in [0.3, 0.4) is 0 Å². The van der Waals surface area contributed by atoms with Crippen LogP contribution in [0.5, 0.6) is 0 Å². The Labute approximate surface area is 97.5 Å². The number of nitrogens with two attached hydrogens (primary N) is 1. The first-order valence-electron chi connectivity index (χ1n) is 5.01. The number of hydrogen-bond acceptors (Lipinski definition) is 5. The molecule has 0 saturated carbocycles. The number of H-pyrrole nitrogens is 1. The van der Waals surface area contributed by atoms with Crippen molar-refractivity contribution in [1.82, 2.24) is 25.5 Å². The summed E-state index contributed by atoms with van der Waals surface area (Å²) in [6.07, 6.45) is 4.54. The second-order valence-electron chi connectivity index (χ2n) is 3.53. The van der Waals surface area contributed by atoms with Crippen LogP contribution in [0.25, 0.3) is 0 Å². The summed E-state index contributed by atoms with van der Waals surface area (Å²) in [4.78, 5) is 19.6. The van der Waals surface area contributed by atoms with E-state index in [0.29, 0.717) is 12.4 Å². The van der Waals surface area contributed by atoms with Crippen molar-refractivity contribution < 1.29 is 4.79 Å². The number of carbonyl (C=O) groups is 1. The van der Waals surface area contributed by atoms with Gasteiger partial charge in [-0.1, -0.05) is 0 Å². The summed E-state index contributed by atoms with van der Waals surface area (Å²) in [7, 11) is 0. The molecule has 0 saturated heterocycles. The number of amides is 1. The Morgan fingerprint density at radius 1 is 1.41 bits per heavy atom. The van der Waals surface area contributed by atoms with Crippen molar-refractivity contribution >= 4 is 11.7 Å². The van der Waals surface area contributed by atoms with Gasteiger partial charge < -0.3 is 11.1 Å². The molecule has 0 aliphatic carbocycles. The standard InChI is InChI=1S/C10H12N6O/c1-6-2-13-8(5-12-6)10(17)14-3-7-4-15-16-9(7)11/h2,4-5H,3H2,1H3,(H,14,17)(H3,11,15,16). The summed E-state index contributed by atoms with van der Waals surface area (Å²) in [5.41, 5.74) is 7.36. The van der Waals surface area contributed by atoms with Gasteiger partial charge in [0.1, 0.15) is 11.5 Å². The Bertz CT molecular complexity index is 518. The molecule has 2 heterocycles. The molecule has 0 unspecified atom stereocenters. The minimum Gasteiger partial charge on any atom is -0.384 e. The van der Waals surface area contributed by atoms with Crippen molar-refractivity contribution in [3.63, 3.8) is 0 Å². The molecular weight excluding hydrogens is 220 g/mol. The minimum atomic E-state index is -0.293. The zero-order valence-corrected chi connectivity index (χ0v) is 9.27. The lowest BCUT2D eigenvalue weighted by Gasteiger charge is -2.03. The summed E-state index contributed by atoms with van der Waals surface area (Å²) in [5.74, 6) is 0.151. The Morgan fingerprint density at radius 2 is 2.24 bits per heavy atom. The van der Waals surface area contributed by atoms with E-state index in [0.717, 1.165) is 11.3 Å².